The maximum Gasteiger partial charge on any atom is 0.234 e. The molecule has 6 heteroatoms. The summed E-state index contributed by atoms with van der Waals surface area (Å²) in [5, 5.41) is 2.92. The van der Waals surface area contributed by atoms with Crippen LogP contribution in [0.25, 0.3) is 22.4 Å². The SMILES string of the molecule is COc1cc(N)ccc1-c1nc2cc3c(cc2[nH]1)C(C)(C)C(=O)N3. The summed E-state index contributed by atoms with van der Waals surface area (Å²) in [6.45, 7) is 3.83. The molecule has 0 saturated carbocycles. The summed E-state index contributed by atoms with van der Waals surface area (Å²) < 4.78 is 5.41. The number of anilines is 2. The standard InChI is InChI=1S/C18H18N4O2/c1-18(2)11-7-13-14(8-12(11)22-17(18)23)21-16(20-13)10-5-4-9(19)6-15(10)24-3/h4-8H,19H2,1-3H3,(H,20,21)(H,22,23). The van der Waals surface area contributed by atoms with Gasteiger partial charge in [0.1, 0.15) is 11.6 Å². The lowest BCUT2D eigenvalue weighted by Gasteiger charge is -2.14. The maximum absolute atomic E-state index is 12.1. The smallest absolute Gasteiger partial charge is 0.234 e. The minimum Gasteiger partial charge on any atom is -0.496 e. The van der Waals surface area contributed by atoms with Crippen molar-refractivity contribution in [2.75, 3.05) is 18.2 Å². The van der Waals surface area contributed by atoms with E-state index in [0.717, 1.165) is 27.8 Å². The van der Waals surface area contributed by atoms with Crippen molar-refractivity contribution in [1.29, 1.82) is 0 Å². The quantitative estimate of drug-likeness (QED) is 0.632. The van der Waals surface area contributed by atoms with Crippen LogP contribution in [0.4, 0.5) is 11.4 Å². The van der Waals surface area contributed by atoms with Crippen molar-refractivity contribution in [1.82, 2.24) is 9.97 Å². The Morgan fingerprint density at radius 2 is 2.00 bits per heavy atom. The van der Waals surface area contributed by atoms with Gasteiger partial charge in [-0.1, -0.05) is 0 Å². The summed E-state index contributed by atoms with van der Waals surface area (Å²) in [6, 6.07) is 9.36. The molecule has 2 aromatic carbocycles. The Balaban J connectivity index is 1.88. The van der Waals surface area contributed by atoms with Gasteiger partial charge in [0.05, 0.1) is 29.1 Å². The summed E-state index contributed by atoms with van der Waals surface area (Å²) in [7, 11) is 1.60. The van der Waals surface area contributed by atoms with Gasteiger partial charge in [0, 0.05) is 17.4 Å². The fourth-order valence-corrected chi connectivity index (χ4v) is 3.11. The van der Waals surface area contributed by atoms with E-state index in [-0.39, 0.29) is 5.91 Å². The summed E-state index contributed by atoms with van der Waals surface area (Å²) in [4.78, 5) is 20.0. The molecule has 0 aliphatic carbocycles. The van der Waals surface area contributed by atoms with Crippen LogP contribution in [0.2, 0.25) is 0 Å². The molecule has 122 valence electrons. The van der Waals surface area contributed by atoms with E-state index < -0.39 is 5.41 Å². The Kier molecular flexibility index (Phi) is 2.87. The fourth-order valence-electron chi connectivity index (χ4n) is 3.11. The number of aromatic amines is 1. The second kappa shape index (κ2) is 4.74. The van der Waals surface area contributed by atoms with E-state index in [1.54, 1.807) is 13.2 Å². The number of carbonyl (C=O) groups excluding carboxylic acids is 1. The number of imidazole rings is 1. The highest BCUT2D eigenvalue weighted by Crippen LogP contribution is 2.40. The Labute approximate surface area is 139 Å². The van der Waals surface area contributed by atoms with Crippen molar-refractivity contribution in [2.45, 2.75) is 19.3 Å². The number of fused-ring (bicyclic) bond motifs is 2. The minimum atomic E-state index is -0.548. The van der Waals surface area contributed by atoms with Crippen molar-refractivity contribution >= 4 is 28.3 Å². The van der Waals surface area contributed by atoms with Gasteiger partial charge in [0.2, 0.25) is 5.91 Å². The van der Waals surface area contributed by atoms with E-state index in [2.05, 4.69) is 15.3 Å². The zero-order valence-corrected chi connectivity index (χ0v) is 13.7. The molecule has 2 heterocycles. The van der Waals surface area contributed by atoms with E-state index in [1.165, 1.54) is 0 Å². The molecule has 0 radical (unpaired) electrons. The topological polar surface area (TPSA) is 93.0 Å². The number of hydrogen-bond acceptors (Lipinski definition) is 4. The molecule has 0 atom stereocenters. The molecule has 0 unspecified atom stereocenters. The van der Waals surface area contributed by atoms with E-state index in [1.807, 2.05) is 38.1 Å². The summed E-state index contributed by atoms with van der Waals surface area (Å²) in [5.74, 6) is 1.37. The van der Waals surface area contributed by atoms with Gasteiger partial charge in [-0.3, -0.25) is 4.79 Å². The van der Waals surface area contributed by atoms with Crippen molar-refractivity contribution < 1.29 is 9.53 Å². The molecule has 1 amide bonds. The third kappa shape index (κ3) is 1.96. The largest absolute Gasteiger partial charge is 0.496 e. The van der Waals surface area contributed by atoms with Gasteiger partial charge in [0.15, 0.2) is 0 Å². The number of amides is 1. The number of rotatable bonds is 2. The van der Waals surface area contributed by atoms with Crippen LogP contribution in [0.5, 0.6) is 5.75 Å². The monoisotopic (exact) mass is 322 g/mol. The van der Waals surface area contributed by atoms with E-state index >= 15 is 0 Å². The third-order valence-electron chi connectivity index (χ3n) is 4.59. The zero-order chi connectivity index (χ0) is 17.1. The number of methoxy groups -OCH3 is 1. The summed E-state index contributed by atoms with van der Waals surface area (Å²) in [5.41, 5.74) is 10.2. The number of carbonyl (C=O) groups is 1. The highest BCUT2D eigenvalue weighted by atomic mass is 16.5. The van der Waals surface area contributed by atoms with Crippen LogP contribution in [0.3, 0.4) is 0 Å². The molecule has 0 spiro atoms. The number of nitrogens with one attached hydrogen (secondary N) is 2. The number of nitrogens with two attached hydrogens (primary N) is 1. The predicted octanol–water partition coefficient (Wildman–Crippen LogP) is 3.05. The van der Waals surface area contributed by atoms with Crippen LogP contribution in [-0.4, -0.2) is 23.0 Å². The average Bonchev–Trinajstić information content (AvgIpc) is 3.04. The van der Waals surface area contributed by atoms with E-state index in [4.69, 9.17) is 10.5 Å². The number of ether oxygens (including phenoxy) is 1. The van der Waals surface area contributed by atoms with Crippen LogP contribution in [0.1, 0.15) is 19.4 Å². The molecule has 3 aromatic rings. The average molecular weight is 322 g/mol. The van der Waals surface area contributed by atoms with Gasteiger partial charge >= 0.3 is 0 Å². The van der Waals surface area contributed by atoms with Gasteiger partial charge in [-0.15, -0.1) is 0 Å². The molecule has 1 aliphatic rings. The van der Waals surface area contributed by atoms with E-state index in [9.17, 15) is 4.79 Å². The van der Waals surface area contributed by atoms with Crippen LogP contribution >= 0.6 is 0 Å². The zero-order valence-electron chi connectivity index (χ0n) is 13.7. The van der Waals surface area contributed by atoms with Gasteiger partial charge in [-0.25, -0.2) is 4.98 Å². The first-order chi connectivity index (χ1) is 11.4. The molecule has 4 rings (SSSR count). The molecule has 6 nitrogen and oxygen atoms in total. The maximum atomic E-state index is 12.1. The number of hydrogen-bond donors (Lipinski definition) is 3. The van der Waals surface area contributed by atoms with Crippen molar-refractivity contribution in [2.24, 2.45) is 0 Å². The Hall–Kier alpha value is -3.02. The highest BCUT2D eigenvalue weighted by Gasteiger charge is 2.38. The molecule has 0 bridgehead atoms. The summed E-state index contributed by atoms with van der Waals surface area (Å²) in [6.07, 6.45) is 0. The predicted molar refractivity (Wildman–Crippen MR) is 94.1 cm³/mol. The third-order valence-corrected chi connectivity index (χ3v) is 4.59. The Morgan fingerprint density at radius 3 is 2.75 bits per heavy atom. The van der Waals surface area contributed by atoms with Gasteiger partial charge < -0.3 is 20.8 Å². The van der Waals surface area contributed by atoms with Crippen molar-refractivity contribution in [3.8, 4) is 17.1 Å². The molecule has 0 saturated heterocycles. The number of nitrogen functional groups attached to an aromatic ring is 1. The Bertz CT molecular complexity index is 988. The number of benzene rings is 2. The molecular formula is C18H18N4O2. The molecule has 4 N–H and O–H groups in total. The number of aromatic nitrogens is 2. The molecule has 1 aromatic heterocycles. The molecule has 1 aliphatic heterocycles. The first-order valence-electron chi connectivity index (χ1n) is 7.70. The van der Waals surface area contributed by atoms with Crippen molar-refractivity contribution in [3.63, 3.8) is 0 Å². The van der Waals surface area contributed by atoms with Crippen LogP contribution in [-0.2, 0) is 10.2 Å². The fraction of sp³-hybridized carbons (Fsp3) is 0.222. The number of H-pyrrole nitrogens is 1. The lowest BCUT2D eigenvalue weighted by atomic mass is 9.86. The molecular weight excluding hydrogens is 304 g/mol. The second-order valence-electron chi connectivity index (χ2n) is 6.54. The van der Waals surface area contributed by atoms with Gasteiger partial charge in [-0.2, -0.15) is 0 Å². The minimum absolute atomic E-state index is 0.00517. The normalized spacial score (nSPS) is 15.4. The van der Waals surface area contributed by atoms with Crippen LogP contribution in [0, 0.1) is 0 Å². The van der Waals surface area contributed by atoms with Crippen LogP contribution in [0.15, 0.2) is 30.3 Å². The molecule has 0 fully saturated rings. The van der Waals surface area contributed by atoms with E-state index in [0.29, 0.717) is 17.3 Å². The van der Waals surface area contributed by atoms with Crippen molar-refractivity contribution in [3.05, 3.63) is 35.9 Å². The lowest BCUT2D eigenvalue weighted by molar-refractivity contribution is -0.119. The highest BCUT2D eigenvalue weighted by molar-refractivity contribution is 6.07. The second-order valence-corrected chi connectivity index (χ2v) is 6.54. The van der Waals surface area contributed by atoms with Crippen LogP contribution < -0.4 is 15.8 Å². The first kappa shape index (κ1) is 14.6. The number of nitrogens with zero attached hydrogens (tertiary/aromatic N) is 1. The summed E-state index contributed by atoms with van der Waals surface area (Å²) >= 11 is 0. The van der Waals surface area contributed by atoms with Gasteiger partial charge in [-0.05, 0) is 43.7 Å². The molecule has 24 heavy (non-hydrogen) atoms. The first-order valence-corrected chi connectivity index (χ1v) is 7.70. The Morgan fingerprint density at radius 1 is 1.21 bits per heavy atom. The lowest BCUT2D eigenvalue weighted by Crippen LogP contribution is -2.26. The van der Waals surface area contributed by atoms with Gasteiger partial charge in [0.25, 0.3) is 0 Å².